The van der Waals surface area contributed by atoms with Crippen LogP contribution < -0.4 is 0 Å². The second kappa shape index (κ2) is 9.30. The van der Waals surface area contributed by atoms with Crippen LogP contribution in [0.2, 0.25) is 0 Å². The van der Waals surface area contributed by atoms with Gasteiger partial charge in [0.15, 0.2) is 5.84 Å². The number of fused-ring (bicyclic) bond motifs is 2. The molecule has 2 aliphatic heterocycles. The molecule has 176 valence electrons. The Balaban J connectivity index is 1.48. The zero-order valence-electron chi connectivity index (χ0n) is 19.0. The Labute approximate surface area is 205 Å². The number of unbranched alkanes of at least 4 members (excludes halogenated alkanes) is 1. The maximum absolute atomic E-state index is 12.8. The third-order valence-electron chi connectivity index (χ3n) is 5.86. The molecule has 0 radical (unpaired) electrons. The minimum atomic E-state index is -0.451. The van der Waals surface area contributed by atoms with E-state index in [4.69, 9.17) is 5.41 Å². The fraction of sp³-hybridized carbons (Fsp3) is 0.200. The van der Waals surface area contributed by atoms with Crippen LogP contribution in [-0.2, 0) is 11.3 Å². The van der Waals surface area contributed by atoms with Crippen LogP contribution in [0.25, 0.3) is 17.0 Å². The number of nitro benzene ring substituents is 1. The molecule has 35 heavy (non-hydrogen) atoms. The molecule has 0 fully saturated rings. The van der Waals surface area contributed by atoms with E-state index in [1.165, 1.54) is 28.9 Å². The molecule has 5 rings (SSSR count). The average Bonchev–Trinajstić information content (AvgIpc) is 3.42. The van der Waals surface area contributed by atoms with E-state index >= 15 is 0 Å². The molecule has 2 aromatic carbocycles. The molecule has 1 amide bonds. The van der Waals surface area contributed by atoms with Crippen molar-refractivity contribution in [3.63, 3.8) is 0 Å². The van der Waals surface area contributed by atoms with Crippen molar-refractivity contribution in [2.75, 3.05) is 0 Å². The third kappa shape index (κ3) is 4.40. The first-order valence-corrected chi connectivity index (χ1v) is 12.1. The van der Waals surface area contributed by atoms with Crippen LogP contribution >= 0.6 is 11.8 Å². The number of hydrogen-bond acceptors (Lipinski definition) is 6. The number of aromatic nitrogens is 1. The summed E-state index contributed by atoms with van der Waals surface area (Å²) in [5.74, 6) is -0.431. The Kier molecular flexibility index (Phi) is 6.04. The first-order chi connectivity index (χ1) is 16.9. The van der Waals surface area contributed by atoms with Gasteiger partial charge >= 0.3 is 0 Å². The predicted octanol–water partition coefficient (Wildman–Crippen LogP) is 5.41. The number of hydrogen-bond donors (Lipinski definition) is 1. The summed E-state index contributed by atoms with van der Waals surface area (Å²) < 4.78 is 2.03. The lowest BCUT2D eigenvalue weighted by Gasteiger charge is -2.20. The second-order valence-corrected chi connectivity index (χ2v) is 9.31. The monoisotopic (exact) mass is 486 g/mol. The number of benzene rings is 2. The Hall–Kier alpha value is -4.05. The number of amidine groups is 2. The lowest BCUT2D eigenvalue weighted by molar-refractivity contribution is -0.384. The molecule has 1 aromatic heterocycles. The number of nitrogens with one attached hydrogen (secondary N) is 1. The fourth-order valence-electron chi connectivity index (χ4n) is 4.06. The van der Waals surface area contributed by atoms with E-state index in [1.807, 2.05) is 35.0 Å². The largest absolute Gasteiger partial charge is 0.342 e. The number of non-ortho nitro benzene ring substituents is 1. The SMILES string of the molecule is CCCCC1=NN2C(=N)/C(=C/c3cn(Cc4ccc([N+](=O)[O-])cc4)c4ccccc34)C(=O)N=C2S1. The normalized spacial score (nSPS) is 16.6. The van der Waals surface area contributed by atoms with Crippen molar-refractivity contribution in [1.82, 2.24) is 9.58 Å². The Morgan fingerprint density at radius 3 is 2.69 bits per heavy atom. The van der Waals surface area contributed by atoms with Gasteiger partial charge in [-0.1, -0.05) is 43.7 Å². The van der Waals surface area contributed by atoms with E-state index < -0.39 is 10.8 Å². The van der Waals surface area contributed by atoms with Crippen LogP contribution in [0, 0.1) is 15.5 Å². The molecule has 10 heteroatoms. The number of aliphatic imine (C=N–C) groups is 1. The van der Waals surface area contributed by atoms with Crippen LogP contribution in [0.15, 0.2) is 70.4 Å². The average molecular weight is 487 g/mol. The van der Waals surface area contributed by atoms with Gasteiger partial charge < -0.3 is 4.57 Å². The number of carbonyl (C=O) groups excluding carboxylic acids is 1. The zero-order valence-corrected chi connectivity index (χ0v) is 19.8. The van der Waals surface area contributed by atoms with Gasteiger partial charge in [0.25, 0.3) is 11.6 Å². The molecule has 0 unspecified atom stereocenters. The number of hydrazone groups is 1. The van der Waals surface area contributed by atoms with Crippen LogP contribution in [0.4, 0.5) is 5.69 Å². The molecule has 1 N–H and O–H groups in total. The lowest BCUT2D eigenvalue weighted by Crippen LogP contribution is -2.35. The smallest absolute Gasteiger partial charge is 0.283 e. The summed E-state index contributed by atoms with van der Waals surface area (Å²) in [5.41, 5.74) is 2.89. The molecule has 0 bridgehead atoms. The maximum atomic E-state index is 12.8. The van der Waals surface area contributed by atoms with Gasteiger partial charge in [-0.15, -0.1) is 0 Å². The van der Waals surface area contributed by atoms with Gasteiger partial charge in [0.1, 0.15) is 5.04 Å². The summed E-state index contributed by atoms with van der Waals surface area (Å²) in [6, 6.07) is 14.3. The van der Waals surface area contributed by atoms with E-state index in [2.05, 4.69) is 17.0 Å². The predicted molar refractivity (Wildman–Crippen MR) is 139 cm³/mol. The number of rotatable bonds is 7. The highest BCUT2D eigenvalue weighted by atomic mass is 32.2. The molecule has 2 aliphatic rings. The quantitative estimate of drug-likeness (QED) is 0.272. The number of amides is 1. The van der Waals surface area contributed by atoms with E-state index in [9.17, 15) is 14.9 Å². The van der Waals surface area contributed by atoms with Crippen LogP contribution in [-0.4, -0.2) is 36.5 Å². The molecular weight excluding hydrogens is 464 g/mol. The lowest BCUT2D eigenvalue weighted by atomic mass is 10.1. The number of thioether (sulfide) groups is 1. The van der Waals surface area contributed by atoms with Crippen molar-refractivity contribution in [2.24, 2.45) is 10.1 Å². The molecule has 0 spiro atoms. The van der Waals surface area contributed by atoms with Gasteiger partial charge in [-0.25, -0.2) is 0 Å². The molecule has 0 saturated carbocycles. The highest BCUT2D eigenvalue weighted by molar-refractivity contribution is 8.26. The van der Waals surface area contributed by atoms with Gasteiger partial charge in [-0.2, -0.15) is 15.1 Å². The van der Waals surface area contributed by atoms with E-state index in [-0.39, 0.29) is 17.1 Å². The highest BCUT2D eigenvalue weighted by Gasteiger charge is 2.35. The van der Waals surface area contributed by atoms with Crippen LogP contribution in [0.1, 0.15) is 37.3 Å². The molecule has 0 saturated heterocycles. The van der Waals surface area contributed by atoms with Gasteiger partial charge in [-0.05, 0) is 42.3 Å². The van der Waals surface area contributed by atoms with Crippen molar-refractivity contribution >= 4 is 56.4 Å². The molecule has 3 heterocycles. The van der Waals surface area contributed by atoms with Crippen molar-refractivity contribution in [3.05, 3.63) is 81.5 Å². The minimum absolute atomic E-state index is 0.0196. The van der Waals surface area contributed by atoms with Crippen molar-refractivity contribution in [1.29, 1.82) is 5.41 Å². The summed E-state index contributed by atoms with van der Waals surface area (Å²) >= 11 is 1.35. The van der Waals surface area contributed by atoms with Gasteiger partial charge in [0.05, 0.1) is 10.5 Å². The highest BCUT2D eigenvalue weighted by Crippen LogP contribution is 2.31. The molecule has 0 aliphatic carbocycles. The number of carbonyl (C=O) groups is 1. The summed E-state index contributed by atoms with van der Waals surface area (Å²) in [5, 5.41) is 27.8. The summed E-state index contributed by atoms with van der Waals surface area (Å²) in [6.07, 6.45) is 6.45. The standard InChI is InChI=1S/C25H22N6O3S/c1-2-3-8-22-28-30-23(26)20(24(32)27-25(30)35-22)13-17-15-29(21-7-5-4-6-19(17)21)14-16-9-11-18(12-10-16)31(33)34/h4-7,9-13,15,26H,2-3,8,14H2,1H3/b20-13-,26-23?. The number of para-hydroxylation sites is 1. The van der Waals surface area contributed by atoms with Gasteiger partial charge in [-0.3, -0.25) is 20.3 Å². The summed E-state index contributed by atoms with van der Waals surface area (Å²) in [7, 11) is 0. The van der Waals surface area contributed by atoms with Crippen LogP contribution in [0.5, 0.6) is 0 Å². The summed E-state index contributed by atoms with van der Waals surface area (Å²) in [6.45, 7) is 2.61. The number of nitro groups is 1. The third-order valence-corrected chi connectivity index (χ3v) is 6.83. The summed E-state index contributed by atoms with van der Waals surface area (Å²) in [4.78, 5) is 27.6. The fourth-order valence-corrected chi connectivity index (χ4v) is 4.98. The van der Waals surface area contributed by atoms with Crippen LogP contribution in [0.3, 0.4) is 0 Å². The number of nitrogens with zero attached hydrogens (tertiary/aromatic N) is 5. The van der Waals surface area contributed by atoms with Gasteiger partial charge in [0.2, 0.25) is 5.17 Å². The molecular formula is C25H22N6O3S. The Morgan fingerprint density at radius 1 is 1.17 bits per heavy atom. The van der Waals surface area contributed by atoms with E-state index in [0.717, 1.165) is 46.3 Å². The minimum Gasteiger partial charge on any atom is -0.342 e. The Bertz CT molecular complexity index is 1450. The molecule has 0 atom stereocenters. The van der Waals surface area contributed by atoms with Gasteiger partial charge in [0, 0.05) is 41.3 Å². The topological polar surface area (TPSA) is 117 Å². The van der Waals surface area contributed by atoms with Crippen molar-refractivity contribution in [3.8, 4) is 0 Å². The maximum Gasteiger partial charge on any atom is 0.283 e. The first-order valence-electron chi connectivity index (χ1n) is 11.2. The van der Waals surface area contributed by atoms with Crippen molar-refractivity contribution in [2.45, 2.75) is 32.7 Å². The van der Waals surface area contributed by atoms with Crippen molar-refractivity contribution < 1.29 is 9.72 Å². The second-order valence-electron chi connectivity index (χ2n) is 8.27. The molecule has 9 nitrogen and oxygen atoms in total. The first kappa shape index (κ1) is 22.7. The van der Waals surface area contributed by atoms with E-state index in [0.29, 0.717) is 11.7 Å². The zero-order chi connectivity index (χ0) is 24.5. The Morgan fingerprint density at radius 2 is 1.94 bits per heavy atom. The van der Waals surface area contributed by atoms with E-state index in [1.54, 1.807) is 18.2 Å². The molecule has 3 aromatic rings.